The van der Waals surface area contributed by atoms with Crippen LogP contribution in [0, 0.1) is 0 Å². The van der Waals surface area contributed by atoms with E-state index < -0.39 is 5.97 Å². The molecule has 57 heavy (non-hydrogen) atoms. The molecule has 0 radical (unpaired) electrons. The molecule has 2 saturated heterocycles. The highest BCUT2D eigenvalue weighted by molar-refractivity contribution is 5.83. The number of aliphatic carboxylic acids is 1. The Balaban J connectivity index is 0.000000218. The third-order valence-corrected chi connectivity index (χ3v) is 9.03. The number of rotatable bonds is 12. The zero-order chi connectivity index (χ0) is 41.3. The molecule has 6 rings (SSSR count). The summed E-state index contributed by atoms with van der Waals surface area (Å²) in [6.07, 6.45) is 3.54. The van der Waals surface area contributed by atoms with Crippen molar-refractivity contribution in [3.8, 4) is 45.8 Å². The van der Waals surface area contributed by atoms with E-state index >= 15 is 0 Å². The lowest BCUT2D eigenvalue weighted by molar-refractivity contribution is -0.137. The first-order valence-electron chi connectivity index (χ1n) is 18.3. The minimum absolute atomic E-state index is 0.0318. The minimum Gasteiger partial charge on any atom is -0.493 e. The number of methoxy groups -OCH3 is 4. The summed E-state index contributed by atoms with van der Waals surface area (Å²) in [7, 11) is 6.38. The maximum atomic E-state index is 12.1. The van der Waals surface area contributed by atoms with Gasteiger partial charge in [0.2, 0.25) is 41.2 Å². The van der Waals surface area contributed by atoms with E-state index in [2.05, 4.69) is 36.2 Å². The van der Waals surface area contributed by atoms with Gasteiger partial charge in [0, 0.05) is 49.9 Å². The summed E-state index contributed by atoms with van der Waals surface area (Å²) in [5.74, 6) is 3.74. The largest absolute Gasteiger partial charge is 0.493 e. The highest BCUT2D eigenvalue weighted by Crippen LogP contribution is 2.34. The van der Waals surface area contributed by atoms with E-state index in [1.807, 2.05) is 24.3 Å². The van der Waals surface area contributed by atoms with E-state index in [0.29, 0.717) is 59.5 Å². The first-order valence-corrected chi connectivity index (χ1v) is 18.3. The van der Waals surface area contributed by atoms with E-state index in [1.165, 1.54) is 13.8 Å². The van der Waals surface area contributed by atoms with Gasteiger partial charge in [-0.3, -0.25) is 19.2 Å². The number of carboxylic acid groups (broad SMARTS) is 1. The standard InChI is InChI=1S/C19H24N4O5.C15H19N3O3.C4H7NO3/c1-12(24)20-11-17(25)23-8-6-13(7-9-23)19-21-18(22-28-19)14-4-5-15(26-2)16(10-14)27-3;1-19-12-4-3-11(9-13(12)20-2)14-17-15(21-18-14)10-5-7-16-8-6-10;1-3(6)5-2-4(7)8/h4-5,10,13H,6-9,11H2,1-3H3,(H,20,24);3-4,9-10,16H,5-8H2,1-2H3;2H2,1H3,(H,5,6)(H,7,8). The molecule has 2 aromatic carbocycles. The minimum atomic E-state index is -1.03. The number of nitrogens with one attached hydrogen (secondary N) is 3. The summed E-state index contributed by atoms with van der Waals surface area (Å²) in [5, 5.41) is 24.1. The van der Waals surface area contributed by atoms with Crippen LogP contribution in [-0.2, 0) is 19.2 Å². The second-order valence-corrected chi connectivity index (χ2v) is 12.9. The molecule has 4 heterocycles. The van der Waals surface area contributed by atoms with Crippen LogP contribution in [0.5, 0.6) is 23.0 Å². The monoisotopic (exact) mass is 794 g/mol. The summed E-state index contributed by atoms with van der Waals surface area (Å²) in [4.78, 5) is 53.5. The fourth-order valence-corrected chi connectivity index (χ4v) is 5.94. The highest BCUT2D eigenvalue weighted by Gasteiger charge is 2.28. The SMILES string of the molecule is CC(=O)NCC(=O)O.COc1ccc(-c2noc(C3CCN(C(=O)CNC(C)=O)CC3)n2)cc1OC.COc1ccc(-c2noc(C3CCNCC3)n2)cc1OC. The topological polar surface area (TPSA) is 243 Å². The molecule has 4 N–H and O–H groups in total. The molecule has 3 amide bonds. The zero-order valence-corrected chi connectivity index (χ0v) is 33.0. The average Bonchev–Trinajstić information content (AvgIpc) is 3.94. The number of piperidine rings is 2. The lowest BCUT2D eigenvalue weighted by Crippen LogP contribution is -2.43. The number of nitrogens with zero attached hydrogens (tertiary/aromatic N) is 5. The molecule has 0 spiro atoms. The Labute approximate surface area is 329 Å². The van der Waals surface area contributed by atoms with E-state index in [9.17, 15) is 19.2 Å². The van der Waals surface area contributed by atoms with Gasteiger partial charge < -0.3 is 54.0 Å². The first-order chi connectivity index (χ1) is 27.5. The van der Waals surface area contributed by atoms with Crippen LogP contribution >= 0.6 is 0 Å². The lowest BCUT2D eigenvalue weighted by Gasteiger charge is -2.30. The van der Waals surface area contributed by atoms with Crippen LogP contribution < -0.4 is 34.9 Å². The normalized spacial score (nSPS) is 14.2. The summed E-state index contributed by atoms with van der Waals surface area (Å²) in [6, 6.07) is 11.0. The smallest absolute Gasteiger partial charge is 0.322 e. The van der Waals surface area contributed by atoms with Gasteiger partial charge in [-0.1, -0.05) is 10.3 Å². The van der Waals surface area contributed by atoms with Crippen molar-refractivity contribution in [2.24, 2.45) is 0 Å². The molecule has 2 aromatic heterocycles. The summed E-state index contributed by atoms with van der Waals surface area (Å²) < 4.78 is 32.0. The molecule has 308 valence electrons. The molecule has 0 saturated carbocycles. The van der Waals surface area contributed by atoms with Crippen molar-refractivity contribution >= 4 is 23.7 Å². The molecular formula is C38H50N8O11. The van der Waals surface area contributed by atoms with E-state index in [4.69, 9.17) is 33.1 Å². The second kappa shape index (κ2) is 21.7. The molecular weight excluding hydrogens is 744 g/mol. The maximum absolute atomic E-state index is 12.1. The lowest BCUT2D eigenvalue weighted by atomic mass is 9.96. The van der Waals surface area contributed by atoms with Crippen LogP contribution in [0.4, 0.5) is 0 Å². The Morgan fingerprint density at radius 1 is 0.702 bits per heavy atom. The Bertz CT molecular complexity index is 1920. The first kappa shape index (κ1) is 43.5. The number of likely N-dealkylation sites (tertiary alicyclic amines) is 1. The zero-order valence-electron chi connectivity index (χ0n) is 33.0. The van der Waals surface area contributed by atoms with E-state index in [-0.39, 0.29) is 36.7 Å². The Hall–Kier alpha value is -6.24. The fraction of sp³-hybridized carbons (Fsp3) is 0.474. The number of hydrogen-bond donors (Lipinski definition) is 4. The number of carboxylic acids is 1. The molecule has 0 atom stereocenters. The van der Waals surface area contributed by atoms with E-state index in [1.54, 1.807) is 45.5 Å². The van der Waals surface area contributed by atoms with Crippen molar-refractivity contribution < 1.29 is 52.3 Å². The van der Waals surface area contributed by atoms with Crippen molar-refractivity contribution in [1.29, 1.82) is 0 Å². The third-order valence-electron chi connectivity index (χ3n) is 9.03. The van der Waals surface area contributed by atoms with Crippen molar-refractivity contribution in [3.63, 3.8) is 0 Å². The quantitative estimate of drug-likeness (QED) is 0.161. The van der Waals surface area contributed by atoms with Crippen LogP contribution in [-0.4, -0.2) is 122 Å². The van der Waals surface area contributed by atoms with Crippen molar-refractivity contribution in [2.75, 3.05) is 67.7 Å². The molecule has 2 aliphatic rings. The van der Waals surface area contributed by atoms with Gasteiger partial charge in [-0.25, -0.2) is 0 Å². The van der Waals surface area contributed by atoms with Crippen LogP contribution in [0.2, 0.25) is 0 Å². The average molecular weight is 795 g/mol. The van der Waals surface area contributed by atoms with Gasteiger partial charge >= 0.3 is 5.97 Å². The molecule has 19 nitrogen and oxygen atoms in total. The number of carbonyl (C=O) groups excluding carboxylic acids is 3. The van der Waals surface area contributed by atoms with Crippen LogP contribution in [0.15, 0.2) is 45.4 Å². The van der Waals surface area contributed by atoms with Gasteiger partial charge in [-0.05, 0) is 75.2 Å². The molecule has 0 aliphatic carbocycles. The molecule has 0 unspecified atom stereocenters. The van der Waals surface area contributed by atoms with Gasteiger partial charge in [0.1, 0.15) is 6.54 Å². The number of ether oxygens (including phenoxy) is 4. The fourth-order valence-electron chi connectivity index (χ4n) is 5.94. The molecule has 19 heteroatoms. The number of carbonyl (C=O) groups is 4. The predicted octanol–water partition coefficient (Wildman–Crippen LogP) is 3.02. The van der Waals surface area contributed by atoms with Gasteiger partial charge in [0.25, 0.3) is 0 Å². The Morgan fingerprint density at radius 2 is 1.14 bits per heavy atom. The maximum Gasteiger partial charge on any atom is 0.322 e. The van der Waals surface area contributed by atoms with Crippen LogP contribution in [0.1, 0.15) is 63.1 Å². The van der Waals surface area contributed by atoms with Crippen molar-refractivity contribution in [1.82, 2.24) is 41.1 Å². The molecule has 0 bridgehead atoms. The van der Waals surface area contributed by atoms with Gasteiger partial charge in [0.05, 0.1) is 35.0 Å². The summed E-state index contributed by atoms with van der Waals surface area (Å²) >= 11 is 0. The molecule has 2 aliphatic heterocycles. The van der Waals surface area contributed by atoms with Gasteiger partial charge in [-0.15, -0.1) is 0 Å². The number of benzene rings is 2. The Kier molecular flexibility index (Phi) is 16.6. The Morgan fingerprint density at radius 3 is 1.54 bits per heavy atom. The number of amides is 3. The molecule has 2 fully saturated rings. The van der Waals surface area contributed by atoms with Crippen molar-refractivity contribution in [3.05, 3.63) is 48.2 Å². The predicted molar refractivity (Wildman–Crippen MR) is 204 cm³/mol. The van der Waals surface area contributed by atoms with Crippen LogP contribution in [0.25, 0.3) is 22.8 Å². The highest BCUT2D eigenvalue weighted by atomic mass is 16.5. The summed E-state index contributed by atoms with van der Waals surface area (Å²) in [5.41, 5.74) is 1.63. The third kappa shape index (κ3) is 12.9. The van der Waals surface area contributed by atoms with Gasteiger partial charge in [-0.2, -0.15) is 9.97 Å². The second-order valence-electron chi connectivity index (χ2n) is 12.9. The molecule has 4 aromatic rings. The number of hydrogen-bond acceptors (Lipinski definition) is 15. The van der Waals surface area contributed by atoms with Gasteiger partial charge in [0.15, 0.2) is 23.0 Å². The van der Waals surface area contributed by atoms with Crippen LogP contribution in [0.3, 0.4) is 0 Å². The van der Waals surface area contributed by atoms with Crippen molar-refractivity contribution in [2.45, 2.75) is 51.4 Å². The summed E-state index contributed by atoms with van der Waals surface area (Å²) in [6.45, 7) is 5.58. The number of aromatic nitrogens is 4. The van der Waals surface area contributed by atoms with E-state index in [0.717, 1.165) is 55.8 Å².